The Balaban J connectivity index is 2.50. The molecule has 0 saturated heterocycles. The monoisotopic (exact) mass is 289 g/mol. The minimum atomic E-state index is -4.47. The predicted molar refractivity (Wildman–Crippen MR) is 66.8 cm³/mol. The van der Waals surface area contributed by atoms with Gasteiger partial charge in [0.05, 0.1) is 5.69 Å². The van der Waals surface area contributed by atoms with Crippen LogP contribution in [0, 0.1) is 5.92 Å². The maximum atomic E-state index is 13.1. The molecule has 0 fully saturated rings. The molecule has 0 saturated carbocycles. The van der Waals surface area contributed by atoms with Crippen molar-refractivity contribution in [2.45, 2.75) is 46.1 Å². The van der Waals surface area contributed by atoms with Gasteiger partial charge in [-0.1, -0.05) is 13.8 Å². The highest BCUT2D eigenvalue weighted by Crippen LogP contribution is 2.35. The molecule has 1 atom stereocenters. The number of alkyl halides is 3. The van der Waals surface area contributed by atoms with E-state index in [0.29, 0.717) is 18.8 Å². The van der Waals surface area contributed by atoms with Crippen molar-refractivity contribution in [1.29, 1.82) is 0 Å². The molecule has 2 rings (SSSR count). The molecule has 2 heterocycles. The van der Waals surface area contributed by atoms with E-state index in [1.165, 1.54) is 0 Å². The molecule has 1 unspecified atom stereocenters. The van der Waals surface area contributed by atoms with Gasteiger partial charge in [-0.3, -0.25) is 0 Å². The number of rotatable bonds is 4. The van der Waals surface area contributed by atoms with Gasteiger partial charge in [-0.15, -0.1) is 0 Å². The van der Waals surface area contributed by atoms with Crippen LogP contribution in [0.3, 0.4) is 0 Å². The summed E-state index contributed by atoms with van der Waals surface area (Å²) in [5, 5.41) is 2.88. The lowest BCUT2D eigenvalue weighted by molar-refractivity contribution is -0.142. The summed E-state index contributed by atoms with van der Waals surface area (Å²) in [4.78, 5) is 8.02. The molecule has 0 amide bonds. The Labute approximate surface area is 115 Å². The van der Waals surface area contributed by atoms with Crippen molar-refractivity contribution < 1.29 is 17.9 Å². The van der Waals surface area contributed by atoms with Crippen LogP contribution in [0.2, 0.25) is 0 Å². The third-order valence-corrected chi connectivity index (χ3v) is 3.18. The first-order valence-corrected chi connectivity index (χ1v) is 6.63. The summed E-state index contributed by atoms with van der Waals surface area (Å²) in [5.74, 6) is 0.125. The number of fused-ring (bicyclic) bond motifs is 1. The maximum Gasteiger partial charge on any atom is 0.433 e. The minimum Gasteiger partial charge on any atom is -0.370 e. The van der Waals surface area contributed by atoms with E-state index in [2.05, 4.69) is 15.3 Å². The first kappa shape index (κ1) is 15.2. The standard InChI is InChI=1S/C13H18F3N3O/c1-4-20-10(7(2)3)12-18-9-6-17-5-8(9)11(19-12)13(14,15)16/h7,10,17H,4-6H2,1-3H3. The highest BCUT2D eigenvalue weighted by Gasteiger charge is 2.39. The number of halogens is 3. The molecule has 112 valence electrons. The molecule has 0 aromatic carbocycles. The van der Waals surface area contributed by atoms with Gasteiger partial charge in [-0.05, 0) is 12.8 Å². The van der Waals surface area contributed by atoms with Gasteiger partial charge in [0, 0.05) is 25.3 Å². The third-order valence-electron chi connectivity index (χ3n) is 3.18. The fourth-order valence-electron chi connectivity index (χ4n) is 2.29. The van der Waals surface area contributed by atoms with Crippen LogP contribution < -0.4 is 5.32 Å². The van der Waals surface area contributed by atoms with Crippen molar-refractivity contribution in [3.8, 4) is 0 Å². The van der Waals surface area contributed by atoms with Gasteiger partial charge in [-0.25, -0.2) is 9.97 Å². The number of hydrogen-bond donors (Lipinski definition) is 1. The van der Waals surface area contributed by atoms with Crippen molar-refractivity contribution in [3.63, 3.8) is 0 Å². The normalized spacial score (nSPS) is 16.6. The average Bonchev–Trinajstić information content (AvgIpc) is 2.80. The number of ether oxygens (including phenoxy) is 1. The third kappa shape index (κ3) is 2.93. The van der Waals surface area contributed by atoms with Gasteiger partial charge >= 0.3 is 6.18 Å². The Hall–Kier alpha value is -1.21. The van der Waals surface area contributed by atoms with E-state index in [1.54, 1.807) is 6.92 Å². The van der Waals surface area contributed by atoms with E-state index in [1.807, 2.05) is 13.8 Å². The molecule has 0 spiro atoms. The number of aromatic nitrogens is 2. The summed E-state index contributed by atoms with van der Waals surface area (Å²) in [7, 11) is 0. The summed E-state index contributed by atoms with van der Waals surface area (Å²) >= 11 is 0. The van der Waals surface area contributed by atoms with Crippen molar-refractivity contribution in [3.05, 3.63) is 22.8 Å². The van der Waals surface area contributed by atoms with E-state index in [-0.39, 0.29) is 23.9 Å². The molecule has 1 aliphatic heterocycles. The van der Waals surface area contributed by atoms with Gasteiger partial charge in [0.1, 0.15) is 6.10 Å². The van der Waals surface area contributed by atoms with Gasteiger partial charge in [0.2, 0.25) is 0 Å². The van der Waals surface area contributed by atoms with E-state index in [9.17, 15) is 13.2 Å². The SMILES string of the molecule is CCOC(c1nc2c(c(C(F)(F)F)n1)CNC2)C(C)C. The fourth-order valence-corrected chi connectivity index (χ4v) is 2.29. The van der Waals surface area contributed by atoms with Crippen molar-refractivity contribution >= 4 is 0 Å². The van der Waals surface area contributed by atoms with Crippen molar-refractivity contribution in [1.82, 2.24) is 15.3 Å². The largest absolute Gasteiger partial charge is 0.433 e. The highest BCUT2D eigenvalue weighted by atomic mass is 19.4. The second-order valence-electron chi connectivity index (χ2n) is 5.08. The Bertz CT molecular complexity index is 488. The molecule has 1 aliphatic rings. The maximum absolute atomic E-state index is 13.1. The van der Waals surface area contributed by atoms with Crippen LogP contribution in [0.4, 0.5) is 13.2 Å². The van der Waals surface area contributed by atoms with Gasteiger partial charge in [0.15, 0.2) is 11.5 Å². The Morgan fingerprint density at radius 2 is 1.95 bits per heavy atom. The summed E-state index contributed by atoms with van der Waals surface area (Å²) < 4.78 is 44.8. The van der Waals surface area contributed by atoms with Gasteiger partial charge in [-0.2, -0.15) is 13.2 Å². The zero-order valence-electron chi connectivity index (χ0n) is 11.7. The van der Waals surface area contributed by atoms with Crippen molar-refractivity contribution in [2.24, 2.45) is 5.92 Å². The van der Waals surface area contributed by atoms with E-state index < -0.39 is 18.0 Å². The Morgan fingerprint density at radius 3 is 2.50 bits per heavy atom. The number of hydrogen-bond acceptors (Lipinski definition) is 4. The summed E-state index contributed by atoms with van der Waals surface area (Å²) in [6.07, 6.45) is -4.99. The molecule has 1 aromatic rings. The first-order chi connectivity index (χ1) is 9.34. The lowest BCUT2D eigenvalue weighted by Crippen LogP contribution is -2.20. The molecule has 20 heavy (non-hydrogen) atoms. The lowest BCUT2D eigenvalue weighted by atomic mass is 10.1. The Morgan fingerprint density at radius 1 is 1.25 bits per heavy atom. The molecule has 0 bridgehead atoms. The summed E-state index contributed by atoms with van der Waals surface area (Å²) in [5.41, 5.74) is -0.263. The number of nitrogens with one attached hydrogen (secondary N) is 1. The van der Waals surface area contributed by atoms with E-state index in [4.69, 9.17) is 4.74 Å². The van der Waals surface area contributed by atoms with Crippen LogP contribution in [0.1, 0.15) is 49.7 Å². The molecular weight excluding hydrogens is 271 g/mol. The van der Waals surface area contributed by atoms with Crippen LogP contribution >= 0.6 is 0 Å². The highest BCUT2D eigenvalue weighted by molar-refractivity contribution is 5.31. The van der Waals surface area contributed by atoms with E-state index >= 15 is 0 Å². The molecular formula is C13H18F3N3O. The first-order valence-electron chi connectivity index (χ1n) is 6.63. The predicted octanol–water partition coefficient (Wildman–Crippen LogP) is 2.83. The second kappa shape index (κ2) is 5.65. The Kier molecular flexibility index (Phi) is 4.29. The summed E-state index contributed by atoms with van der Waals surface area (Å²) in [6, 6.07) is 0. The van der Waals surface area contributed by atoms with Gasteiger partial charge < -0.3 is 10.1 Å². The smallest absolute Gasteiger partial charge is 0.370 e. The van der Waals surface area contributed by atoms with Crippen LogP contribution in [0.15, 0.2) is 0 Å². The zero-order valence-corrected chi connectivity index (χ0v) is 11.7. The molecule has 0 aliphatic carbocycles. The average molecular weight is 289 g/mol. The number of nitrogens with zero attached hydrogens (tertiary/aromatic N) is 2. The molecule has 7 heteroatoms. The van der Waals surface area contributed by atoms with Crippen molar-refractivity contribution in [2.75, 3.05) is 6.61 Å². The quantitative estimate of drug-likeness (QED) is 0.926. The van der Waals surface area contributed by atoms with Gasteiger partial charge in [0.25, 0.3) is 0 Å². The molecule has 1 N–H and O–H groups in total. The zero-order chi connectivity index (χ0) is 14.9. The van der Waals surface area contributed by atoms with Crippen LogP contribution in [0.25, 0.3) is 0 Å². The minimum absolute atomic E-state index is 0.00319. The summed E-state index contributed by atoms with van der Waals surface area (Å²) in [6.45, 7) is 6.46. The second-order valence-corrected chi connectivity index (χ2v) is 5.08. The van der Waals surface area contributed by atoms with Crippen LogP contribution in [-0.2, 0) is 24.0 Å². The van der Waals surface area contributed by atoms with Crippen LogP contribution in [-0.4, -0.2) is 16.6 Å². The fraction of sp³-hybridized carbons (Fsp3) is 0.692. The lowest BCUT2D eigenvalue weighted by Gasteiger charge is -2.21. The molecule has 4 nitrogen and oxygen atoms in total. The topological polar surface area (TPSA) is 47.0 Å². The van der Waals surface area contributed by atoms with E-state index in [0.717, 1.165) is 0 Å². The molecule has 1 aromatic heterocycles. The van der Waals surface area contributed by atoms with Crippen LogP contribution in [0.5, 0.6) is 0 Å². The molecule has 0 radical (unpaired) electrons.